The first-order valence-electron chi connectivity index (χ1n) is 6.86. The highest BCUT2D eigenvalue weighted by Gasteiger charge is 2.20. The Hall–Kier alpha value is -0.560. The summed E-state index contributed by atoms with van der Waals surface area (Å²) >= 11 is 1.65. The lowest BCUT2D eigenvalue weighted by molar-refractivity contribution is 0.581. The summed E-state index contributed by atoms with van der Waals surface area (Å²) in [5, 5.41) is 3.66. The zero-order valence-electron chi connectivity index (χ0n) is 11.9. The Balaban J connectivity index is 2.00. The van der Waals surface area contributed by atoms with Crippen molar-refractivity contribution in [2.45, 2.75) is 42.5 Å². The topological polar surface area (TPSA) is 58.2 Å². The predicted octanol–water partition coefficient (Wildman–Crippen LogP) is 1.97. The van der Waals surface area contributed by atoms with Crippen LogP contribution in [0.1, 0.15) is 25.3 Å². The maximum atomic E-state index is 12.2. The van der Waals surface area contributed by atoms with E-state index in [-0.39, 0.29) is 5.25 Å². The van der Waals surface area contributed by atoms with Crippen molar-refractivity contribution in [2.75, 3.05) is 12.8 Å². The summed E-state index contributed by atoms with van der Waals surface area (Å²) in [5.41, 5.74) is 1.01. The van der Waals surface area contributed by atoms with Crippen molar-refractivity contribution in [2.24, 2.45) is 0 Å². The molecule has 1 unspecified atom stereocenters. The van der Waals surface area contributed by atoms with E-state index in [2.05, 4.69) is 10.0 Å². The quantitative estimate of drug-likeness (QED) is 0.770. The molecule has 1 fully saturated rings. The highest BCUT2D eigenvalue weighted by Crippen LogP contribution is 2.20. The minimum absolute atomic E-state index is 0.268. The van der Waals surface area contributed by atoms with Gasteiger partial charge in [-0.25, -0.2) is 13.1 Å². The summed E-state index contributed by atoms with van der Waals surface area (Å²) in [7, 11) is -3.40. The van der Waals surface area contributed by atoms with Crippen LogP contribution in [0, 0.1) is 0 Å². The summed E-state index contributed by atoms with van der Waals surface area (Å²) in [4.78, 5) is 0.348. The number of hydrogen-bond donors (Lipinski definition) is 2. The van der Waals surface area contributed by atoms with Crippen molar-refractivity contribution >= 4 is 21.8 Å². The van der Waals surface area contributed by atoms with Crippen LogP contribution in [0.2, 0.25) is 0 Å². The highest BCUT2D eigenvalue weighted by molar-refractivity contribution is 7.99. The van der Waals surface area contributed by atoms with E-state index in [1.54, 1.807) is 30.0 Å². The van der Waals surface area contributed by atoms with Gasteiger partial charge in [-0.3, -0.25) is 0 Å². The molecule has 0 amide bonds. The molecule has 112 valence electrons. The number of rotatable bonds is 8. The van der Waals surface area contributed by atoms with Gasteiger partial charge in [0.1, 0.15) is 0 Å². The average molecular weight is 314 g/mol. The summed E-state index contributed by atoms with van der Waals surface area (Å²) < 4.78 is 27.1. The van der Waals surface area contributed by atoms with E-state index in [4.69, 9.17) is 0 Å². The van der Waals surface area contributed by atoms with Crippen LogP contribution in [0.15, 0.2) is 29.2 Å². The van der Waals surface area contributed by atoms with Crippen LogP contribution in [0.3, 0.4) is 0 Å². The van der Waals surface area contributed by atoms with E-state index >= 15 is 0 Å². The van der Waals surface area contributed by atoms with Gasteiger partial charge in [-0.2, -0.15) is 11.8 Å². The minimum Gasteiger partial charge on any atom is -0.310 e. The number of benzene rings is 1. The third kappa shape index (κ3) is 4.77. The molecule has 1 saturated carbocycles. The largest absolute Gasteiger partial charge is 0.310 e. The molecule has 0 saturated heterocycles. The highest BCUT2D eigenvalue weighted by atomic mass is 32.2. The van der Waals surface area contributed by atoms with Gasteiger partial charge in [0.15, 0.2) is 0 Å². The van der Waals surface area contributed by atoms with Crippen LogP contribution in [-0.2, 0) is 16.6 Å². The van der Waals surface area contributed by atoms with E-state index in [0.29, 0.717) is 17.5 Å². The van der Waals surface area contributed by atoms with Crippen LogP contribution < -0.4 is 10.0 Å². The Bertz CT molecular complexity index is 542. The van der Waals surface area contributed by atoms with E-state index in [1.807, 2.05) is 19.2 Å². The van der Waals surface area contributed by atoms with Crippen LogP contribution in [0.5, 0.6) is 0 Å². The molecule has 20 heavy (non-hydrogen) atoms. The zero-order chi connectivity index (χ0) is 14.6. The molecule has 0 aliphatic heterocycles. The Kier molecular flexibility index (Phi) is 5.49. The van der Waals surface area contributed by atoms with Crippen molar-refractivity contribution in [1.29, 1.82) is 0 Å². The number of sulfonamides is 1. The molecule has 2 N–H and O–H groups in total. The summed E-state index contributed by atoms with van der Waals surface area (Å²) in [5.74, 6) is 0. The number of nitrogens with one attached hydrogen (secondary N) is 2. The van der Waals surface area contributed by atoms with Crippen LogP contribution in [-0.4, -0.2) is 32.5 Å². The lowest BCUT2D eigenvalue weighted by Gasteiger charge is -2.11. The van der Waals surface area contributed by atoms with Gasteiger partial charge in [0, 0.05) is 24.4 Å². The van der Waals surface area contributed by atoms with Crippen molar-refractivity contribution in [3.05, 3.63) is 29.8 Å². The first kappa shape index (κ1) is 15.8. The summed E-state index contributed by atoms with van der Waals surface area (Å²) in [6.07, 6.45) is 4.43. The molecular weight excluding hydrogens is 292 g/mol. The van der Waals surface area contributed by atoms with Crippen molar-refractivity contribution in [3.8, 4) is 0 Å². The Morgan fingerprint density at radius 3 is 2.80 bits per heavy atom. The van der Waals surface area contributed by atoms with E-state index in [1.165, 1.54) is 12.8 Å². The van der Waals surface area contributed by atoms with Crippen LogP contribution in [0.25, 0.3) is 0 Å². The normalized spacial score (nSPS) is 17.1. The van der Waals surface area contributed by atoms with Gasteiger partial charge in [-0.1, -0.05) is 19.1 Å². The van der Waals surface area contributed by atoms with E-state index in [9.17, 15) is 8.42 Å². The Morgan fingerprint density at radius 2 is 2.15 bits per heavy atom. The molecule has 0 radical (unpaired) electrons. The molecule has 2 rings (SSSR count). The van der Waals surface area contributed by atoms with Crippen molar-refractivity contribution in [1.82, 2.24) is 10.0 Å². The van der Waals surface area contributed by atoms with Crippen molar-refractivity contribution in [3.63, 3.8) is 0 Å². The van der Waals surface area contributed by atoms with Gasteiger partial charge in [-0.15, -0.1) is 0 Å². The summed E-state index contributed by atoms with van der Waals surface area (Å²) in [6, 6.07) is 7.78. The third-order valence-electron chi connectivity index (χ3n) is 3.34. The molecule has 4 nitrogen and oxygen atoms in total. The van der Waals surface area contributed by atoms with Gasteiger partial charge < -0.3 is 5.32 Å². The molecule has 1 aliphatic rings. The zero-order valence-corrected chi connectivity index (χ0v) is 13.6. The molecule has 0 spiro atoms. The SMILES string of the molecule is CSC(C)CNS(=O)(=O)c1cccc(CNC2CC2)c1. The molecular formula is C14H22N2O2S2. The average Bonchev–Trinajstić information content (AvgIpc) is 3.27. The molecule has 1 aromatic carbocycles. The first-order chi connectivity index (χ1) is 9.51. The maximum Gasteiger partial charge on any atom is 0.240 e. The molecule has 0 aromatic heterocycles. The van der Waals surface area contributed by atoms with Crippen LogP contribution >= 0.6 is 11.8 Å². The van der Waals surface area contributed by atoms with Gasteiger partial charge >= 0.3 is 0 Å². The van der Waals surface area contributed by atoms with Gasteiger partial charge in [0.2, 0.25) is 10.0 Å². The fourth-order valence-corrected chi connectivity index (χ4v) is 3.32. The summed E-state index contributed by atoms with van der Waals surface area (Å²) in [6.45, 7) is 3.19. The molecule has 1 aliphatic carbocycles. The van der Waals surface area contributed by atoms with Crippen molar-refractivity contribution < 1.29 is 8.42 Å². The first-order valence-corrected chi connectivity index (χ1v) is 9.63. The predicted molar refractivity (Wildman–Crippen MR) is 84.5 cm³/mol. The number of hydrogen-bond acceptors (Lipinski definition) is 4. The monoisotopic (exact) mass is 314 g/mol. The lowest BCUT2D eigenvalue weighted by Crippen LogP contribution is -2.29. The second-order valence-corrected chi connectivity index (χ2v) is 8.24. The fraction of sp³-hybridized carbons (Fsp3) is 0.571. The molecule has 0 heterocycles. The minimum atomic E-state index is -3.40. The van der Waals surface area contributed by atoms with E-state index < -0.39 is 10.0 Å². The molecule has 0 bridgehead atoms. The standard InChI is InChI=1S/C14H22N2O2S2/c1-11(19-2)9-16-20(17,18)14-5-3-4-12(8-14)10-15-13-6-7-13/h3-5,8,11,13,15-16H,6-7,9-10H2,1-2H3. The second-order valence-electron chi connectivity index (χ2n) is 5.20. The van der Waals surface area contributed by atoms with Gasteiger partial charge in [0.25, 0.3) is 0 Å². The van der Waals surface area contributed by atoms with Crippen LogP contribution in [0.4, 0.5) is 0 Å². The van der Waals surface area contributed by atoms with Gasteiger partial charge in [0.05, 0.1) is 4.90 Å². The smallest absolute Gasteiger partial charge is 0.240 e. The Labute approximate surface area is 125 Å². The Morgan fingerprint density at radius 1 is 1.40 bits per heavy atom. The molecule has 1 atom stereocenters. The molecule has 1 aromatic rings. The fourth-order valence-electron chi connectivity index (χ4n) is 1.77. The maximum absolute atomic E-state index is 12.2. The van der Waals surface area contributed by atoms with E-state index in [0.717, 1.165) is 12.1 Å². The van der Waals surface area contributed by atoms with Gasteiger partial charge in [-0.05, 0) is 36.8 Å². The number of thioether (sulfide) groups is 1. The second kappa shape index (κ2) is 6.93. The lowest BCUT2D eigenvalue weighted by atomic mass is 10.2. The molecule has 6 heteroatoms. The third-order valence-corrected chi connectivity index (χ3v) is 5.74.